The molecule has 0 aliphatic rings. The van der Waals surface area contributed by atoms with Crippen molar-refractivity contribution in [1.29, 1.82) is 0 Å². The quantitative estimate of drug-likeness (QED) is 0.460. The molecule has 0 heterocycles. The Hall–Kier alpha value is -1.14. The Labute approximate surface area is 115 Å². The SMILES string of the molecule is CCCCCOC(=O)c1cc(S(=O)(=O)Cl)ccc1F. The molecule has 4 nitrogen and oxygen atoms in total. The Morgan fingerprint density at radius 2 is 2.05 bits per heavy atom. The summed E-state index contributed by atoms with van der Waals surface area (Å²) in [7, 11) is 1.12. The minimum atomic E-state index is -4.01. The van der Waals surface area contributed by atoms with E-state index in [-0.39, 0.29) is 11.5 Å². The minimum Gasteiger partial charge on any atom is -0.462 e. The van der Waals surface area contributed by atoms with E-state index >= 15 is 0 Å². The van der Waals surface area contributed by atoms with E-state index in [9.17, 15) is 17.6 Å². The molecule has 0 bridgehead atoms. The molecule has 0 radical (unpaired) electrons. The lowest BCUT2D eigenvalue weighted by Gasteiger charge is -2.06. The summed E-state index contributed by atoms with van der Waals surface area (Å²) in [6.45, 7) is 2.17. The topological polar surface area (TPSA) is 60.4 Å². The molecule has 0 N–H and O–H groups in total. The molecule has 1 aromatic carbocycles. The molecule has 0 aliphatic carbocycles. The second-order valence-corrected chi connectivity index (χ2v) is 6.49. The van der Waals surface area contributed by atoms with Gasteiger partial charge in [0.05, 0.1) is 17.1 Å². The Bertz CT molecular complexity index is 557. The van der Waals surface area contributed by atoms with Gasteiger partial charge >= 0.3 is 5.97 Å². The highest BCUT2D eigenvalue weighted by molar-refractivity contribution is 8.13. The number of ether oxygens (including phenoxy) is 1. The Kier molecular flexibility index (Phi) is 5.75. The van der Waals surface area contributed by atoms with Crippen LogP contribution in [0.2, 0.25) is 0 Å². The molecule has 0 fully saturated rings. The smallest absolute Gasteiger partial charge is 0.341 e. The number of hydrogen-bond donors (Lipinski definition) is 0. The predicted molar refractivity (Wildman–Crippen MR) is 69.2 cm³/mol. The van der Waals surface area contributed by atoms with Crippen LogP contribution in [0, 0.1) is 5.82 Å². The number of hydrogen-bond acceptors (Lipinski definition) is 4. The van der Waals surface area contributed by atoms with Gasteiger partial charge in [0.15, 0.2) is 0 Å². The summed E-state index contributed by atoms with van der Waals surface area (Å²) in [6.07, 6.45) is 2.54. The summed E-state index contributed by atoms with van der Waals surface area (Å²) in [5.74, 6) is -1.74. The molecule has 7 heteroatoms. The number of rotatable bonds is 6. The van der Waals surface area contributed by atoms with Crippen LogP contribution in [0.3, 0.4) is 0 Å². The molecule has 19 heavy (non-hydrogen) atoms. The van der Waals surface area contributed by atoms with Gasteiger partial charge in [-0.25, -0.2) is 17.6 Å². The van der Waals surface area contributed by atoms with Crippen LogP contribution in [0.4, 0.5) is 4.39 Å². The fraction of sp³-hybridized carbons (Fsp3) is 0.417. The van der Waals surface area contributed by atoms with E-state index in [0.29, 0.717) is 6.42 Å². The molecule has 106 valence electrons. The lowest BCUT2D eigenvalue weighted by atomic mass is 10.2. The largest absolute Gasteiger partial charge is 0.462 e. The fourth-order valence-electron chi connectivity index (χ4n) is 1.41. The van der Waals surface area contributed by atoms with Crippen LogP contribution in [-0.2, 0) is 13.8 Å². The summed E-state index contributed by atoms with van der Waals surface area (Å²) < 4.78 is 40.5. The van der Waals surface area contributed by atoms with Crippen molar-refractivity contribution < 1.29 is 22.3 Å². The highest BCUT2D eigenvalue weighted by atomic mass is 35.7. The maximum atomic E-state index is 13.4. The average Bonchev–Trinajstić information content (AvgIpc) is 2.33. The molecule has 0 spiro atoms. The summed E-state index contributed by atoms with van der Waals surface area (Å²) in [5.41, 5.74) is -0.432. The highest BCUT2D eigenvalue weighted by Crippen LogP contribution is 2.19. The van der Waals surface area contributed by atoms with Gasteiger partial charge in [-0.05, 0) is 24.6 Å². The number of carbonyl (C=O) groups excluding carboxylic acids is 1. The average molecular weight is 309 g/mol. The van der Waals surface area contributed by atoms with E-state index in [1.807, 2.05) is 6.92 Å². The molecule has 0 aromatic heterocycles. The van der Waals surface area contributed by atoms with Gasteiger partial charge in [0.25, 0.3) is 9.05 Å². The van der Waals surface area contributed by atoms with Crippen molar-refractivity contribution >= 4 is 25.7 Å². The second-order valence-electron chi connectivity index (χ2n) is 3.92. The lowest BCUT2D eigenvalue weighted by Crippen LogP contribution is -2.09. The van der Waals surface area contributed by atoms with Crippen molar-refractivity contribution in [3.8, 4) is 0 Å². The van der Waals surface area contributed by atoms with E-state index < -0.39 is 26.4 Å². The molecule has 0 aliphatic heterocycles. The van der Waals surface area contributed by atoms with Gasteiger partial charge in [-0.15, -0.1) is 0 Å². The summed E-state index contributed by atoms with van der Waals surface area (Å²) in [6, 6.07) is 2.74. The first-order valence-corrected chi connectivity index (χ1v) is 8.08. The molecule has 1 rings (SSSR count). The van der Waals surface area contributed by atoms with Gasteiger partial charge in [-0.3, -0.25) is 0 Å². The zero-order chi connectivity index (χ0) is 14.5. The van der Waals surface area contributed by atoms with Gasteiger partial charge in [-0.1, -0.05) is 19.8 Å². The number of unbranched alkanes of at least 4 members (excludes halogenated alkanes) is 2. The maximum Gasteiger partial charge on any atom is 0.341 e. The molecule has 0 atom stereocenters. The summed E-state index contributed by atoms with van der Waals surface area (Å²) >= 11 is 0. The van der Waals surface area contributed by atoms with Crippen molar-refractivity contribution in [3.63, 3.8) is 0 Å². The third-order valence-corrected chi connectivity index (χ3v) is 3.77. The zero-order valence-corrected chi connectivity index (χ0v) is 11.9. The van der Waals surface area contributed by atoms with Crippen molar-refractivity contribution in [3.05, 3.63) is 29.6 Å². The van der Waals surface area contributed by atoms with Crippen LogP contribution in [0.15, 0.2) is 23.1 Å². The summed E-state index contributed by atoms with van der Waals surface area (Å²) in [5, 5.41) is 0. The number of halogens is 2. The van der Waals surface area contributed by atoms with E-state index in [0.717, 1.165) is 31.0 Å². The maximum absolute atomic E-state index is 13.4. The van der Waals surface area contributed by atoms with E-state index in [1.165, 1.54) is 0 Å². The molecular formula is C12H14ClFO4S. The molecular weight excluding hydrogens is 295 g/mol. The predicted octanol–water partition coefficient (Wildman–Crippen LogP) is 3.10. The molecule has 0 saturated carbocycles. The van der Waals surface area contributed by atoms with Crippen LogP contribution in [0.1, 0.15) is 36.5 Å². The first-order valence-electron chi connectivity index (χ1n) is 5.77. The minimum absolute atomic E-state index is 0.171. The number of benzene rings is 1. The van der Waals surface area contributed by atoms with E-state index in [1.54, 1.807) is 0 Å². The summed E-state index contributed by atoms with van der Waals surface area (Å²) in [4.78, 5) is 11.3. The van der Waals surface area contributed by atoms with Gasteiger partial charge in [0.1, 0.15) is 5.82 Å². The molecule has 0 saturated heterocycles. The van der Waals surface area contributed by atoms with Crippen LogP contribution in [0.25, 0.3) is 0 Å². The van der Waals surface area contributed by atoms with Crippen molar-refractivity contribution in [2.24, 2.45) is 0 Å². The van der Waals surface area contributed by atoms with Crippen molar-refractivity contribution in [2.45, 2.75) is 31.1 Å². The first kappa shape index (κ1) is 15.9. The van der Waals surface area contributed by atoms with Gasteiger partial charge in [-0.2, -0.15) is 0 Å². The second kappa shape index (κ2) is 6.86. The Morgan fingerprint density at radius 1 is 1.37 bits per heavy atom. The van der Waals surface area contributed by atoms with Gasteiger partial charge in [0, 0.05) is 10.7 Å². The van der Waals surface area contributed by atoms with Crippen molar-refractivity contribution in [1.82, 2.24) is 0 Å². The number of carbonyl (C=O) groups is 1. The van der Waals surface area contributed by atoms with Crippen LogP contribution < -0.4 is 0 Å². The monoisotopic (exact) mass is 308 g/mol. The normalized spacial score (nSPS) is 11.3. The Balaban J connectivity index is 2.84. The Morgan fingerprint density at radius 3 is 2.63 bits per heavy atom. The van der Waals surface area contributed by atoms with Gasteiger partial charge in [0.2, 0.25) is 0 Å². The van der Waals surface area contributed by atoms with Crippen LogP contribution >= 0.6 is 10.7 Å². The van der Waals surface area contributed by atoms with Crippen molar-refractivity contribution in [2.75, 3.05) is 6.61 Å². The van der Waals surface area contributed by atoms with Crippen LogP contribution in [0.5, 0.6) is 0 Å². The van der Waals surface area contributed by atoms with Crippen LogP contribution in [-0.4, -0.2) is 21.0 Å². The van der Waals surface area contributed by atoms with Gasteiger partial charge < -0.3 is 4.74 Å². The molecule has 1 aromatic rings. The molecule has 0 amide bonds. The standard InChI is InChI=1S/C12H14ClFO4S/c1-2-3-4-7-18-12(15)10-8-9(19(13,16)17)5-6-11(10)14/h5-6,8H,2-4,7H2,1H3. The zero-order valence-electron chi connectivity index (χ0n) is 10.4. The first-order chi connectivity index (χ1) is 8.86. The number of esters is 1. The van der Waals surface area contributed by atoms with E-state index in [2.05, 4.69) is 0 Å². The third kappa shape index (κ3) is 4.80. The third-order valence-electron chi connectivity index (χ3n) is 2.42. The fourth-order valence-corrected chi connectivity index (χ4v) is 2.18. The lowest BCUT2D eigenvalue weighted by molar-refractivity contribution is 0.0492. The molecule has 0 unspecified atom stereocenters. The highest BCUT2D eigenvalue weighted by Gasteiger charge is 2.18. The van der Waals surface area contributed by atoms with E-state index in [4.69, 9.17) is 15.4 Å².